The average molecular weight is 292 g/mol. The number of hydrogen-bond acceptors (Lipinski definition) is 4. The molecule has 19 heavy (non-hydrogen) atoms. The van der Waals surface area contributed by atoms with E-state index in [9.17, 15) is 4.79 Å². The van der Waals surface area contributed by atoms with Gasteiger partial charge in [0, 0.05) is 11.3 Å². The minimum absolute atomic E-state index is 0.247. The Bertz CT molecular complexity index is 494. The van der Waals surface area contributed by atoms with Crippen LogP contribution in [0.15, 0.2) is 47.8 Å². The van der Waals surface area contributed by atoms with E-state index in [0.29, 0.717) is 13.0 Å². The van der Waals surface area contributed by atoms with E-state index < -0.39 is 5.25 Å². The second kappa shape index (κ2) is 7.36. The number of carbonyl (C=O) groups is 1. The van der Waals surface area contributed by atoms with Crippen molar-refractivity contribution in [2.75, 3.05) is 6.61 Å². The molecular weight excluding hydrogens is 276 g/mol. The zero-order valence-electron chi connectivity index (χ0n) is 10.5. The minimum Gasteiger partial charge on any atom is -0.464 e. The topological polar surface area (TPSA) is 26.3 Å². The quantitative estimate of drug-likeness (QED) is 0.652. The van der Waals surface area contributed by atoms with E-state index in [0.717, 1.165) is 12.0 Å². The van der Waals surface area contributed by atoms with E-state index in [-0.39, 0.29) is 5.97 Å². The molecule has 0 aliphatic rings. The molecule has 4 heteroatoms. The van der Waals surface area contributed by atoms with Gasteiger partial charge >= 0.3 is 5.97 Å². The average Bonchev–Trinajstić information content (AvgIpc) is 2.93. The molecule has 2 rings (SSSR count). The van der Waals surface area contributed by atoms with Crippen LogP contribution in [0.2, 0.25) is 0 Å². The van der Waals surface area contributed by atoms with Crippen LogP contribution >= 0.6 is 24.0 Å². The van der Waals surface area contributed by atoms with Crippen molar-refractivity contribution in [2.24, 2.45) is 0 Å². The molecular formula is C15H16O2S2. The zero-order chi connectivity index (χ0) is 13.5. The fourth-order valence-corrected chi connectivity index (χ4v) is 2.70. The zero-order valence-corrected chi connectivity index (χ0v) is 12.2. The van der Waals surface area contributed by atoms with Crippen LogP contribution in [0.4, 0.5) is 0 Å². The molecule has 0 spiro atoms. The normalized spacial score (nSPS) is 12.1. The Balaban J connectivity index is 1.73. The van der Waals surface area contributed by atoms with E-state index in [1.165, 1.54) is 4.88 Å². The Labute approximate surface area is 122 Å². The maximum absolute atomic E-state index is 11.8. The highest BCUT2D eigenvalue weighted by Gasteiger charge is 2.15. The highest BCUT2D eigenvalue weighted by Crippen LogP contribution is 2.11. The van der Waals surface area contributed by atoms with Gasteiger partial charge in [-0.15, -0.1) is 11.3 Å². The molecule has 2 aromatic rings. The molecule has 0 amide bonds. The summed E-state index contributed by atoms with van der Waals surface area (Å²) >= 11 is 5.99. The van der Waals surface area contributed by atoms with E-state index in [2.05, 4.69) is 12.6 Å². The van der Waals surface area contributed by atoms with Crippen LogP contribution in [0.25, 0.3) is 0 Å². The molecule has 1 unspecified atom stereocenters. The highest BCUT2D eigenvalue weighted by molar-refractivity contribution is 7.81. The Kier molecular flexibility index (Phi) is 5.48. The van der Waals surface area contributed by atoms with E-state index in [4.69, 9.17) is 4.74 Å². The number of ether oxygens (including phenoxy) is 1. The first-order valence-electron chi connectivity index (χ1n) is 6.17. The maximum atomic E-state index is 11.8. The fraction of sp³-hybridized carbons (Fsp3) is 0.267. The van der Waals surface area contributed by atoms with Crippen molar-refractivity contribution in [2.45, 2.75) is 18.1 Å². The first-order valence-corrected chi connectivity index (χ1v) is 7.56. The number of esters is 1. The van der Waals surface area contributed by atoms with Gasteiger partial charge in [0.2, 0.25) is 0 Å². The second-order valence-corrected chi connectivity index (χ2v) is 5.86. The third-order valence-electron chi connectivity index (χ3n) is 2.72. The van der Waals surface area contributed by atoms with Gasteiger partial charge in [0.25, 0.3) is 0 Å². The van der Waals surface area contributed by atoms with E-state index in [1.54, 1.807) is 11.3 Å². The molecule has 0 saturated heterocycles. The number of benzene rings is 1. The second-order valence-electron chi connectivity index (χ2n) is 4.20. The van der Waals surface area contributed by atoms with Crippen LogP contribution in [0.5, 0.6) is 0 Å². The molecule has 0 N–H and O–H groups in total. The van der Waals surface area contributed by atoms with Crippen molar-refractivity contribution in [3.63, 3.8) is 0 Å². The third kappa shape index (κ3) is 4.73. The van der Waals surface area contributed by atoms with Crippen LogP contribution in [-0.4, -0.2) is 17.8 Å². The summed E-state index contributed by atoms with van der Waals surface area (Å²) in [5, 5.41) is 1.62. The standard InChI is InChI=1S/C15H16O2S2/c16-15(17-9-8-13-7-4-10-19-13)14(18)11-12-5-2-1-3-6-12/h1-7,10,14,18H,8-9,11H2. The van der Waals surface area contributed by atoms with Gasteiger partial charge in [-0.05, 0) is 23.4 Å². The molecule has 0 aliphatic carbocycles. The lowest BCUT2D eigenvalue weighted by atomic mass is 10.1. The molecule has 1 atom stereocenters. The summed E-state index contributed by atoms with van der Waals surface area (Å²) in [6.07, 6.45) is 1.37. The van der Waals surface area contributed by atoms with Gasteiger partial charge in [-0.3, -0.25) is 4.79 Å². The Morgan fingerprint density at radius 2 is 2.00 bits per heavy atom. The van der Waals surface area contributed by atoms with Crippen LogP contribution in [0, 0.1) is 0 Å². The smallest absolute Gasteiger partial charge is 0.319 e. The molecule has 1 aromatic heterocycles. The highest BCUT2D eigenvalue weighted by atomic mass is 32.1. The number of thiophene rings is 1. The first-order chi connectivity index (χ1) is 9.25. The van der Waals surface area contributed by atoms with Crippen molar-refractivity contribution in [3.05, 3.63) is 58.3 Å². The number of hydrogen-bond donors (Lipinski definition) is 1. The largest absolute Gasteiger partial charge is 0.464 e. The molecule has 0 fully saturated rings. The molecule has 0 bridgehead atoms. The lowest BCUT2D eigenvalue weighted by molar-refractivity contribution is -0.142. The summed E-state index contributed by atoms with van der Waals surface area (Å²) in [5.74, 6) is -0.247. The number of thiol groups is 1. The number of carbonyl (C=O) groups excluding carboxylic acids is 1. The first kappa shape index (κ1) is 14.2. The van der Waals surface area contributed by atoms with Crippen molar-refractivity contribution in [1.82, 2.24) is 0 Å². The Hall–Kier alpha value is -1.26. The summed E-state index contributed by atoms with van der Waals surface area (Å²) in [5.41, 5.74) is 1.10. The van der Waals surface area contributed by atoms with Crippen LogP contribution < -0.4 is 0 Å². The monoisotopic (exact) mass is 292 g/mol. The summed E-state index contributed by atoms with van der Waals surface area (Å²) in [6.45, 7) is 0.422. The lowest BCUT2D eigenvalue weighted by Gasteiger charge is -2.10. The van der Waals surface area contributed by atoms with Crippen molar-refractivity contribution in [3.8, 4) is 0 Å². The van der Waals surface area contributed by atoms with Crippen molar-refractivity contribution < 1.29 is 9.53 Å². The molecule has 0 saturated carbocycles. The van der Waals surface area contributed by atoms with E-state index >= 15 is 0 Å². The summed E-state index contributed by atoms with van der Waals surface area (Å²) in [7, 11) is 0. The third-order valence-corrected chi connectivity index (χ3v) is 4.05. The van der Waals surface area contributed by atoms with Gasteiger partial charge in [-0.1, -0.05) is 36.4 Å². The van der Waals surface area contributed by atoms with Gasteiger partial charge in [0.1, 0.15) is 5.25 Å². The van der Waals surface area contributed by atoms with Gasteiger partial charge in [0.15, 0.2) is 0 Å². The minimum atomic E-state index is -0.397. The maximum Gasteiger partial charge on any atom is 0.319 e. The van der Waals surface area contributed by atoms with Crippen LogP contribution in [-0.2, 0) is 22.4 Å². The van der Waals surface area contributed by atoms with Gasteiger partial charge in [0.05, 0.1) is 6.61 Å². The van der Waals surface area contributed by atoms with Crippen molar-refractivity contribution >= 4 is 29.9 Å². The SMILES string of the molecule is O=C(OCCc1cccs1)C(S)Cc1ccccc1. The predicted octanol–water partition coefficient (Wildman–Crippen LogP) is 3.37. The van der Waals surface area contributed by atoms with Crippen molar-refractivity contribution in [1.29, 1.82) is 0 Å². The number of rotatable bonds is 6. The molecule has 1 heterocycles. The molecule has 0 radical (unpaired) electrons. The van der Waals surface area contributed by atoms with Gasteiger partial charge in [-0.2, -0.15) is 12.6 Å². The molecule has 0 aliphatic heterocycles. The lowest BCUT2D eigenvalue weighted by Crippen LogP contribution is -2.21. The molecule has 2 nitrogen and oxygen atoms in total. The predicted molar refractivity (Wildman–Crippen MR) is 81.9 cm³/mol. The van der Waals surface area contributed by atoms with Crippen LogP contribution in [0.1, 0.15) is 10.4 Å². The van der Waals surface area contributed by atoms with Crippen LogP contribution in [0.3, 0.4) is 0 Å². The van der Waals surface area contributed by atoms with Gasteiger partial charge in [-0.25, -0.2) is 0 Å². The van der Waals surface area contributed by atoms with E-state index in [1.807, 2.05) is 47.8 Å². The molecule has 100 valence electrons. The fourth-order valence-electron chi connectivity index (χ4n) is 1.72. The summed E-state index contributed by atoms with van der Waals surface area (Å²) in [4.78, 5) is 13.0. The molecule has 1 aromatic carbocycles. The summed E-state index contributed by atoms with van der Waals surface area (Å²) in [6, 6.07) is 13.9. The van der Waals surface area contributed by atoms with Gasteiger partial charge < -0.3 is 4.74 Å². The summed E-state index contributed by atoms with van der Waals surface area (Å²) < 4.78 is 5.24. The Morgan fingerprint density at radius 3 is 2.68 bits per heavy atom. The Morgan fingerprint density at radius 1 is 1.21 bits per heavy atom.